The highest BCUT2D eigenvalue weighted by Gasteiger charge is 2.28. The molecule has 5 nitrogen and oxygen atoms in total. The summed E-state index contributed by atoms with van der Waals surface area (Å²) in [6.45, 7) is 3.79. The minimum absolute atomic E-state index is 0.308. The van der Waals surface area contributed by atoms with E-state index in [1.165, 1.54) is 0 Å². The number of aliphatic hydroxyl groups excluding tert-OH is 2. The molecule has 0 unspecified atom stereocenters. The highest BCUT2D eigenvalue weighted by atomic mass is 16.5. The first-order valence-electron chi connectivity index (χ1n) is 6.88. The Bertz CT molecular complexity index is 421. The van der Waals surface area contributed by atoms with Gasteiger partial charge in [-0.05, 0) is 31.0 Å². The lowest BCUT2D eigenvalue weighted by Gasteiger charge is -2.29. The molecule has 0 spiro atoms. The fraction of sp³-hybridized carbons (Fsp3) is 0.533. The smallest absolute Gasteiger partial charge is 0.252 e. The summed E-state index contributed by atoms with van der Waals surface area (Å²) in [6, 6.07) is 6.85. The van der Waals surface area contributed by atoms with E-state index in [4.69, 9.17) is 4.74 Å². The number of benzene rings is 1. The molecule has 3 N–H and O–H groups in total. The quantitative estimate of drug-likeness (QED) is 0.672. The van der Waals surface area contributed by atoms with Crippen molar-refractivity contribution in [2.45, 2.75) is 32.2 Å². The van der Waals surface area contributed by atoms with E-state index in [1.54, 1.807) is 31.2 Å². The van der Waals surface area contributed by atoms with E-state index in [0.29, 0.717) is 24.3 Å². The van der Waals surface area contributed by atoms with Crippen LogP contribution in [0.1, 0.15) is 37.0 Å². The van der Waals surface area contributed by atoms with Gasteiger partial charge in [0.05, 0.1) is 25.4 Å². The predicted molar refractivity (Wildman–Crippen MR) is 76.9 cm³/mol. The van der Waals surface area contributed by atoms with Crippen LogP contribution >= 0.6 is 0 Å². The molecule has 1 amide bonds. The van der Waals surface area contributed by atoms with E-state index in [1.807, 2.05) is 6.92 Å². The molecule has 0 atom stereocenters. The van der Waals surface area contributed by atoms with Gasteiger partial charge in [-0.1, -0.05) is 19.9 Å². The van der Waals surface area contributed by atoms with E-state index in [-0.39, 0.29) is 19.1 Å². The molecule has 0 saturated carbocycles. The number of aliphatic hydroxyl groups is 2. The maximum absolute atomic E-state index is 12.2. The number of carbonyl (C=O) groups excluding carboxylic acids is 1. The highest BCUT2D eigenvalue weighted by molar-refractivity contribution is 5.95. The molecular formula is C15H23NO4. The van der Waals surface area contributed by atoms with E-state index in [0.717, 1.165) is 6.42 Å². The fourth-order valence-corrected chi connectivity index (χ4v) is 1.70. The molecular weight excluding hydrogens is 258 g/mol. The summed E-state index contributed by atoms with van der Waals surface area (Å²) in [5, 5.41) is 21.4. The molecule has 0 aromatic heterocycles. The predicted octanol–water partition coefficient (Wildman–Crippen LogP) is 1.34. The Hall–Kier alpha value is -1.59. The standard InChI is InChI=1S/C15H23NO4/c1-3-8-20-13-7-5-6-12(9-13)14(19)16-15(4-2,10-17)11-18/h5-7,9,17-18H,3-4,8,10-11H2,1-2H3,(H,16,19). The van der Waals surface area contributed by atoms with E-state index >= 15 is 0 Å². The van der Waals surface area contributed by atoms with Gasteiger partial charge in [0.15, 0.2) is 0 Å². The zero-order chi connectivity index (χ0) is 15.0. The Morgan fingerprint density at radius 3 is 2.55 bits per heavy atom. The van der Waals surface area contributed by atoms with Gasteiger partial charge in [-0.2, -0.15) is 0 Å². The third kappa shape index (κ3) is 4.21. The Morgan fingerprint density at radius 1 is 1.30 bits per heavy atom. The second kappa shape index (κ2) is 7.87. The minimum Gasteiger partial charge on any atom is -0.494 e. The monoisotopic (exact) mass is 281 g/mol. The third-order valence-corrected chi connectivity index (χ3v) is 3.23. The van der Waals surface area contributed by atoms with Crippen molar-refractivity contribution in [2.24, 2.45) is 0 Å². The van der Waals surface area contributed by atoms with Crippen LogP contribution in [0.15, 0.2) is 24.3 Å². The van der Waals surface area contributed by atoms with E-state index in [2.05, 4.69) is 5.32 Å². The number of rotatable bonds is 8. The van der Waals surface area contributed by atoms with Crippen molar-refractivity contribution in [1.29, 1.82) is 0 Å². The van der Waals surface area contributed by atoms with Gasteiger partial charge in [-0.25, -0.2) is 0 Å². The van der Waals surface area contributed by atoms with Crippen LogP contribution in [0.3, 0.4) is 0 Å². The average molecular weight is 281 g/mol. The summed E-state index contributed by atoms with van der Waals surface area (Å²) in [5.41, 5.74) is -0.546. The number of ether oxygens (including phenoxy) is 1. The molecule has 0 radical (unpaired) electrons. The van der Waals surface area contributed by atoms with Crippen molar-refractivity contribution in [3.63, 3.8) is 0 Å². The van der Waals surface area contributed by atoms with Gasteiger partial charge in [-0.15, -0.1) is 0 Å². The number of nitrogens with one attached hydrogen (secondary N) is 1. The molecule has 0 aliphatic heterocycles. The first-order valence-corrected chi connectivity index (χ1v) is 6.88. The first-order chi connectivity index (χ1) is 9.60. The van der Waals surface area contributed by atoms with Crippen LogP contribution in [0, 0.1) is 0 Å². The molecule has 0 fully saturated rings. The van der Waals surface area contributed by atoms with E-state index in [9.17, 15) is 15.0 Å². The van der Waals surface area contributed by atoms with Crippen LogP contribution in [-0.2, 0) is 0 Å². The average Bonchev–Trinajstić information content (AvgIpc) is 2.51. The van der Waals surface area contributed by atoms with Crippen molar-refractivity contribution in [2.75, 3.05) is 19.8 Å². The van der Waals surface area contributed by atoms with Gasteiger partial charge < -0.3 is 20.3 Å². The summed E-state index contributed by atoms with van der Waals surface area (Å²) < 4.78 is 5.48. The largest absolute Gasteiger partial charge is 0.494 e. The zero-order valence-electron chi connectivity index (χ0n) is 12.1. The van der Waals surface area contributed by atoms with Crippen molar-refractivity contribution < 1.29 is 19.7 Å². The maximum atomic E-state index is 12.2. The number of carbonyl (C=O) groups is 1. The molecule has 112 valence electrons. The maximum Gasteiger partial charge on any atom is 0.252 e. The van der Waals surface area contributed by atoms with Crippen LogP contribution < -0.4 is 10.1 Å². The van der Waals surface area contributed by atoms with E-state index < -0.39 is 5.54 Å². The second-order valence-corrected chi connectivity index (χ2v) is 4.78. The van der Waals surface area contributed by atoms with Crippen LogP contribution in [0.25, 0.3) is 0 Å². The molecule has 1 aromatic carbocycles. The Balaban J connectivity index is 2.81. The first kappa shape index (κ1) is 16.5. The SMILES string of the molecule is CCCOc1cccc(C(=O)NC(CC)(CO)CO)c1. The van der Waals surface area contributed by atoms with Crippen LogP contribution in [0.2, 0.25) is 0 Å². The lowest BCUT2D eigenvalue weighted by molar-refractivity contribution is 0.0652. The molecule has 1 aromatic rings. The number of hydrogen-bond acceptors (Lipinski definition) is 4. The Morgan fingerprint density at radius 2 is 2.00 bits per heavy atom. The molecule has 20 heavy (non-hydrogen) atoms. The van der Waals surface area contributed by atoms with Gasteiger partial charge in [0, 0.05) is 5.56 Å². The number of hydrogen-bond donors (Lipinski definition) is 3. The normalized spacial score (nSPS) is 11.2. The molecule has 5 heteroatoms. The molecule has 0 heterocycles. The van der Waals surface area contributed by atoms with Crippen LogP contribution in [0.4, 0.5) is 0 Å². The summed E-state index contributed by atoms with van der Waals surface area (Å²) in [6.07, 6.45) is 1.34. The third-order valence-electron chi connectivity index (χ3n) is 3.23. The molecule has 0 saturated heterocycles. The molecule has 0 aliphatic rings. The minimum atomic E-state index is -0.989. The lowest BCUT2D eigenvalue weighted by atomic mass is 9.98. The Labute approximate surface area is 119 Å². The van der Waals surface area contributed by atoms with Gasteiger partial charge >= 0.3 is 0 Å². The van der Waals surface area contributed by atoms with Crippen molar-refractivity contribution >= 4 is 5.91 Å². The zero-order valence-corrected chi connectivity index (χ0v) is 12.1. The van der Waals surface area contributed by atoms with Crippen molar-refractivity contribution in [3.8, 4) is 5.75 Å². The van der Waals surface area contributed by atoms with Gasteiger partial charge in [0.1, 0.15) is 5.75 Å². The summed E-state index contributed by atoms with van der Waals surface area (Å²) in [5.74, 6) is 0.298. The molecule has 1 rings (SSSR count). The molecule has 0 bridgehead atoms. The van der Waals surface area contributed by atoms with Crippen molar-refractivity contribution in [1.82, 2.24) is 5.32 Å². The topological polar surface area (TPSA) is 78.8 Å². The van der Waals surface area contributed by atoms with Gasteiger partial charge in [0.25, 0.3) is 5.91 Å². The summed E-state index contributed by atoms with van der Waals surface area (Å²) in [4.78, 5) is 12.2. The van der Waals surface area contributed by atoms with Crippen molar-refractivity contribution in [3.05, 3.63) is 29.8 Å². The highest BCUT2D eigenvalue weighted by Crippen LogP contribution is 2.15. The summed E-state index contributed by atoms with van der Waals surface area (Å²) in [7, 11) is 0. The lowest BCUT2D eigenvalue weighted by Crippen LogP contribution is -2.53. The summed E-state index contributed by atoms with van der Waals surface area (Å²) >= 11 is 0. The second-order valence-electron chi connectivity index (χ2n) is 4.78. The van der Waals surface area contributed by atoms with Gasteiger partial charge in [0.2, 0.25) is 0 Å². The Kier molecular flexibility index (Phi) is 6.48. The van der Waals surface area contributed by atoms with Crippen LogP contribution in [0.5, 0.6) is 5.75 Å². The van der Waals surface area contributed by atoms with Crippen LogP contribution in [-0.4, -0.2) is 41.5 Å². The molecule has 0 aliphatic carbocycles. The number of amides is 1. The fourth-order valence-electron chi connectivity index (χ4n) is 1.70. The van der Waals surface area contributed by atoms with Gasteiger partial charge in [-0.3, -0.25) is 4.79 Å².